The van der Waals surface area contributed by atoms with Crippen LogP contribution in [0.4, 0.5) is 21.7 Å². The third kappa shape index (κ3) is 3.62. The van der Waals surface area contributed by atoms with Crippen molar-refractivity contribution in [1.29, 1.82) is 0 Å². The Morgan fingerprint density at radius 1 is 1.16 bits per heavy atom. The van der Waals surface area contributed by atoms with Gasteiger partial charge in [0.25, 0.3) is 0 Å². The van der Waals surface area contributed by atoms with Crippen molar-refractivity contribution in [2.24, 2.45) is 0 Å². The van der Waals surface area contributed by atoms with Gasteiger partial charge in [0.05, 0.1) is 0 Å². The predicted octanol–water partition coefficient (Wildman–Crippen LogP) is 2.55. The molecule has 0 amide bonds. The Morgan fingerprint density at radius 3 is 2.47 bits per heavy atom. The van der Waals surface area contributed by atoms with E-state index in [0.717, 1.165) is 5.69 Å². The number of ether oxygens (including phenoxy) is 1. The Bertz CT molecular complexity index is 545. The van der Waals surface area contributed by atoms with Crippen LogP contribution in [-0.4, -0.2) is 24.1 Å². The first kappa shape index (κ1) is 13.2. The molecule has 0 spiro atoms. The molecule has 100 valence electrons. The molecule has 0 aliphatic rings. The normalized spacial score (nSPS) is 10.3. The van der Waals surface area contributed by atoms with E-state index in [1.165, 1.54) is 12.1 Å². The minimum Gasteiger partial charge on any atom is -0.377 e. The third-order valence-electron chi connectivity index (χ3n) is 2.42. The molecule has 0 unspecified atom stereocenters. The van der Waals surface area contributed by atoms with Gasteiger partial charge < -0.3 is 15.4 Å². The van der Waals surface area contributed by atoms with Crippen LogP contribution >= 0.6 is 0 Å². The van der Waals surface area contributed by atoms with Crippen molar-refractivity contribution in [3.05, 3.63) is 42.0 Å². The molecule has 0 bridgehead atoms. The molecular weight excluding hydrogens is 247 g/mol. The fourth-order valence-electron chi connectivity index (χ4n) is 1.56. The lowest BCUT2D eigenvalue weighted by Gasteiger charge is -2.09. The molecule has 2 N–H and O–H groups in total. The van der Waals surface area contributed by atoms with Crippen molar-refractivity contribution in [3.63, 3.8) is 0 Å². The van der Waals surface area contributed by atoms with Crippen LogP contribution in [-0.2, 0) is 11.3 Å². The highest BCUT2D eigenvalue weighted by Crippen LogP contribution is 2.17. The number of nitrogens with zero attached hydrogens (tertiary/aromatic N) is 2. The average Bonchev–Trinajstić information content (AvgIpc) is 2.41. The minimum absolute atomic E-state index is 0.274. The summed E-state index contributed by atoms with van der Waals surface area (Å²) in [6.45, 7) is 0.327. The largest absolute Gasteiger partial charge is 0.377 e. The van der Waals surface area contributed by atoms with E-state index in [2.05, 4.69) is 20.6 Å². The maximum absolute atomic E-state index is 12.8. The van der Waals surface area contributed by atoms with Crippen LogP contribution in [0.3, 0.4) is 0 Å². The molecule has 0 saturated heterocycles. The number of methoxy groups -OCH3 is 1. The van der Waals surface area contributed by atoms with E-state index in [4.69, 9.17) is 4.74 Å². The van der Waals surface area contributed by atoms with Gasteiger partial charge in [-0.25, -0.2) is 14.4 Å². The Labute approximate surface area is 110 Å². The zero-order valence-electron chi connectivity index (χ0n) is 10.8. The summed E-state index contributed by atoms with van der Waals surface area (Å²) < 4.78 is 17.8. The van der Waals surface area contributed by atoms with Crippen molar-refractivity contribution in [1.82, 2.24) is 9.97 Å². The lowest BCUT2D eigenvalue weighted by Crippen LogP contribution is -2.04. The van der Waals surface area contributed by atoms with Gasteiger partial charge in [-0.05, 0) is 24.3 Å². The number of hydrogen-bond donors (Lipinski definition) is 2. The van der Waals surface area contributed by atoms with Crippen LogP contribution < -0.4 is 10.6 Å². The molecule has 0 radical (unpaired) electrons. The van der Waals surface area contributed by atoms with Crippen molar-refractivity contribution in [3.8, 4) is 0 Å². The fourth-order valence-corrected chi connectivity index (χ4v) is 1.56. The molecule has 0 fully saturated rings. The zero-order valence-corrected chi connectivity index (χ0v) is 10.8. The van der Waals surface area contributed by atoms with Crippen LogP contribution in [0, 0.1) is 5.82 Å². The second-order valence-electron chi connectivity index (χ2n) is 3.87. The maximum Gasteiger partial charge on any atom is 0.158 e. The number of nitrogens with one attached hydrogen (secondary N) is 2. The quantitative estimate of drug-likeness (QED) is 0.867. The van der Waals surface area contributed by atoms with Gasteiger partial charge in [0.2, 0.25) is 0 Å². The van der Waals surface area contributed by atoms with Crippen LogP contribution in [0.5, 0.6) is 0 Å². The number of hydrogen-bond acceptors (Lipinski definition) is 5. The molecule has 0 atom stereocenters. The lowest BCUT2D eigenvalue weighted by atomic mass is 10.3. The Morgan fingerprint density at radius 2 is 1.84 bits per heavy atom. The topological polar surface area (TPSA) is 59.1 Å². The average molecular weight is 262 g/mol. The molecule has 1 aromatic carbocycles. The molecular formula is C13H15FN4O. The van der Waals surface area contributed by atoms with E-state index in [1.807, 2.05) is 0 Å². The second kappa shape index (κ2) is 6.10. The molecule has 0 saturated carbocycles. The van der Waals surface area contributed by atoms with E-state index >= 15 is 0 Å². The molecule has 0 aliphatic heterocycles. The molecule has 2 aromatic rings. The first-order chi connectivity index (χ1) is 9.21. The second-order valence-corrected chi connectivity index (χ2v) is 3.87. The van der Waals surface area contributed by atoms with Crippen molar-refractivity contribution in [2.75, 3.05) is 24.8 Å². The van der Waals surface area contributed by atoms with Gasteiger partial charge in [-0.1, -0.05) is 0 Å². The number of aromatic nitrogens is 2. The van der Waals surface area contributed by atoms with Gasteiger partial charge in [-0.15, -0.1) is 0 Å². The van der Waals surface area contributed by atoms with Crippen LogP contribution in [0.1, 0.15) is 5.82 Å². The summed E-state index contributed by atoms with van der Waals surface area (Å²) in [6, 6.07) is 7.83. The van der Waals surface area contributed by atoms with Gasteiger partial charge in [0.15, 0.2) is 5.82 Å². The summed E-state index contributed by atoms with van der Waals surface area (Å²) in [7, 11) is 3.36. The first-order valence-corrected chi connectivity index (χ1v) is 5.78. The van der Waals surface area contributed by atoms with Crippen molar-refractivity contribution in [2.45, 2.75) is 6.61 Å². The first-order valence-electron chi connectivity index (χ1n) is 5.78. The molecule has 5 nitrogen and oxygen atoms in total. The summed E-state index contributed by atoms with van der Waals surface area (Å²) in [5.74, 6) is 1.60. The van der Waals surface area contributed by atoms with Crippen molar-refractivity contribution < 1.29 is 9.13 Å². The fraction of sp³-hybridized carbons (Fsp3) is 0.231. The summed E-state index contributed by atoms with van der Waals surface area (Å²) in [5.41, 5.74) is 0.755. The summed E-state index contributed by atoms with van der Waals surface area (Å²) in [4.78, 5) is 8.56. The van der Waals surface area contributed by atoms with E-state index in [-0.39, 0.29) is 5.82 Å². The smallest absolute Gasteiger partial charge is 0.158 e. The number of halogens is 1. The van der Waals surface area contributed by atoms with Gasteiger partial charge in [-0.2, -0.15) is 0 Å². The predicted molar refractivity (Wildman–Crippen MR) is 72.0 cm³/mol. The van der Waals surface area contributed by atoms with E-state index < -0.39 is 0 Å². The van der Waals surface area contributed by atoms with E-state index in [0.29, 0.717) is 24.1 Å². The van der Waals surface area contributed by atoms with Crippen molar-refractivity contribution >= 4 is 17.3 Å². The molecule has 1 heterocycles. The highest BCUT2D eigenvalue weighted by molar-refractivity contribution is 5.58. The molecule has 1 aromatic heterocycles. The molecule has 2 rings (SSSR count). The van der Waals surface area contributed by atoms with Gasteiger partial charge in [-0.3, -0.25) is 0 Å². The summed E-state index contributed by atoms with van der Waals surface area (Å²) in [6.07, 6.45) is 0. The van der Waals surface area contributed by atoms with Crippen LogP contribution in [0.25, 0.3) is 0 Å². The lowest BCUT2D eigenvalue weighted by molar-refractivity contribution is 0.178. The highest BCUT2D eigenvalue weighted by atomic mass is 19.1. The third-order valence-corrected chi connectivity index (χ3v) is 2.42. The SMILES string of the molecule is CNc1cc(Nc2ccc(F)cc2)nc(COC)n1. The summed E-state index contributed by atoms with van der Waals surface area (Å²) in [5, 5.41) is 6.05. The number of anilines is 3. The Kier molecular flexibility index (Phi) is 4.25. The Hall–Kier alpha value is -2.21. The Balaban J connectivity index is 2.23. The van der Waals surface area contributed by atoms with Crippen LogP contribution in [0.15, 0.2) is 30.3 Å². The molecule has 0 aliphatic carbocycles. The summed E-state index contributed by atoms with van der Waals surface area (Å²) >= 11 is 0. The zero-order chi connectivity index (χ0) is 13.7. The molecule has 6 heteroatoms. The van der Waals surface area contributed by atoms with Gasteiger partial charge in [0.1, 0.15) is 24.1 Å². The van der Waals surface area contributed by atoms with Gasteiger partial charge >= 0.3 is 0 Å². The van der Waals surface area contributed by atoms with Crippen LogP contribution in [0.2, 0.25) is 0 Å². The van der Waals surface area contributed by atoms with E-state index in [1.54, 1.807) is 32.4 Å². The number of rotatable bonds is 5. The maximum atomic E-state index is 12.8. The highest BCUT2D eigenvalue weighted by Gasteiger charge is 2.04. The monoisotopic (exact) mass is 262 g/mol. The number of benzene rings is 1. The molecule has 19 heavy (non-hydrogen) atoms. The standard InChI is InChI=1S/C13H15FN4O/c1-15-11-7-12(18-13(17-11)8-19-2)16-10-5-3-9(14)4-6-10/h3-7H,8H2,1-2H3,(H2,15,16,17,18). The van der Waals surface area contributed by atoms with E-state index in [9.17, 15) is 4.39 Å². The minimum atomic E-state index is -0.274. The van der Waals surface area contributed by atoms with Gasteiger partial charge in [0, 0.05) is 25.9 Å².